The van der Waals surface area contributed by atoms with Gasteiger partial charge in [0.15, 0.2) is 0 Å². The molecular formula is C25H29ClN4O5. The first-order chi connectivity index (χ1) is 16.9. The Kier molecular flexibility index (Phi) is 6.55. The van der Waals surface area contributed by atoms with Crippen LogP contribution in [0.3, 0.4) is 0 Å². The molecule has 1 aliphatic carbocycles. The molecule has 0 bridgehead atoms. The van der Waals surface area contributed by atoms with Crippen molar-refractivity contribution in [3.05, 3.63) is 68.6 Å². The van der Waals surface area contributed by atoms with Crippen molar-refractivity contribution >= 4 is 17.6 Å². The van der Waals surface area contributed by atoms with Gasteiger partial charge in [0.1, 0.15) is 12.2 Å². The van der Waals surface area contributed by atoms with Gasteiger partial charge >= 0.3 is 5.97 Å². The number of rotatable bonds is 6. The summed E-state index contributed by atoms with van der Waals surface area (Å²) in [6, 6.07) is 7.36. The smallest absolute Gasteiger partial charge is 0.340 e. The average Bonchev–Trinajstić information content (AvgIpc) is 3.49. The second kappa shape index (κ2) is 9.62. The Labute approximate surface area is 208 Å². The van der Waals surface area contributed by atoms with Crippen LogP contribution in [0.15, 0.2) is 35.7 Å². The minimum absolute atomic E-state index is 0.111. The number of hydrogen-bond acceptors (Lipinski definition) is 6. The van der Waals surface area contributed by atoms with Gasteiger partial charge in [-0.25, -0.2) is 4.79 Å². The van der Waals surface area contributed by atoms with Gasteiger partial charge in [-0.05, 0) is 68.7 Å². The van der Waals surface area contributed by atoms with Gasteiger partial charge in [-0.2, -0.15) is 0 Å². The molecular weight excluding hydrogens is 472 g/mol. The molecule has 9 nitrogen and oxygen atoms in total. The van der Waals surface area contributed by atoms with Crippen molar-refractivity contribution in [3.8, 4) is 0 Å². The third-order valence-corrected chi connectivity index (χ3v) is 7.65. The number of carboxylic acid groups (broad SMARTS) is 1. The number of hydrogen-bond donors (Lipinski definition) is 1. The van der Waals surface area contributed by atoms with Gasteiger partial charge < -0.3 is 19.9 Å². The van der Waals surface area contributed by atoms with Crippen LogP contribution in [0.25, 0.3) is 0 Å². The SMILES string of the molecule is Cc1ncc2c(c1[C@@]1(C(=O)O)CCCN1[N+]([O-])=NOC1CCCCC1)CO[C@H]2c1ccc(Cl)cc1. The first-order valence-electron chi connectivity index (χ1n) is 12.1. The Morgan fingerprint density at radius 2 is 2.03 bits per heavy atom. The summed E-state index contributed by atoms with van der Waals surface area (Å²) in [6.07, 6.45) is 6.94. The van der Waals surface area contributed by atoms with E-state index in [2.05, 4.69) is 10.3 Å². The number of pyridine rings is 1. The van der Waals surface area contributed by atoms with Gasteiger partial charge in [0, 0.05) is 28.0 Å². The summed E-state index contributed by atoms with van der Waals surface area (Å²) in [6.45, 7) is 2.24. The van der Waals surface area contributed by atoms with Gasteiger partial charge in [-0.1, -0.05) is 30.2 Å². The van der Waals surface area contributed by atoms with Gasteiger partial charge in [0.2, 0.25) is 10.8 Å². The number of ether oxygens (including phenoxy) is 1. The maximum Gasteiger partial charge on any atom is 0.340 e. The monoisotopic (exact) mass is 500 g/mol. The Morgan fingerprint density at radius 1 is 1.29 bits per heavy atom. The molecule has 10 heteroatoms. The predicted molar refractivity (Wildman–Crippen MR) is 126 cm³/mol. The Morgan fingerprint density at radius 3 is 2.74 bits per heavy atom. The molecule has 0 amide bonds. The topological polar surface area (TPSA) is 110 Å². The number of halogens is 1. The fraction of sp³-hybridized carbons (Fsp3) is 0.520. The first kappa shape index (κ1) is 23.8. The lowest BCUT2D eigenvalue weighted by Gasteiger charge is -2.33. The third kappa shape index (κ3) is 4.21. The molecule has 1 N–H and O–H groups in total. The predicted octanol–water partition coefficient (Wildman–Crippen LogP) is 5.18. The summed E-state index contributed by atoms with van der Waals surface area (Å²) in [4.78, 5) is 23.3. The number of carbonyl (C=O) groups is 1. The summed E-state index contributed by atoms with van der Waals surface area (Å²) in [5.74, 6) is -1.11. The molecule has 0 spiro atoms. The standard InChI is InChI=1S/C25H29ClN4O5/c1-16-22(21-15-34-23(20(21)14-27-16)17-8-10-18(26)11-9-17)25(24(31)32)12-5-13-29(25)30(33)28-35-19-6-3-2-4-7-19/h8-11,14,19,23H,2-7,12-13,15H2,1H3,(H,31,32)/t23-,25+/m0/s1. The van der Waals surface area contributed by atoms with Crippen molar-refractivity contribution in [2.24, 2.45) is 5.28 Å². The number of aliphatic carboxylic acids is 1. The van der Waals surface area contributed by atoms with E-state index >= 15 is 0 Å². The summed E-state index contributed by atoms with van der Waals surface area (Å²) < 4.78 is 6.12. The molecule has 0 radical (unpaired) electrons. The number of aryl methyl sites for hydroxylation is 1. The van der Waals surface area contributed by atoms with E-state index in [0.717, 1.165) is 48.8 Å². The van der Waals surface area contributed by atoms with Crippen LogP contribution >= 0.6 is 11.6 Å². The van der Waals surface area contributed by atoms with Crippen molar-refractivity contribution < 1.29 is 24.4 Å². The molecule has 2 fully saturated rings. The lowest BCUT2D eigenvalue weighted by Crippen LogP contribution is -2.52. The van der Waals surface area contributed by atoms with E-state index in [4.69, 9.17) is 21.2 Å². The van der Waals surface area contributed by atoms with E-state index in [9.17, 15) is 15.1 Å². The molecule has 5 rings (SSSR count). The highest BCUT2D eigenvalue weighted by atomic mass is 35.5. The fourth-order valence-corrected chi connectivity index (χ4v) is 5.83. The van der Waals surface area contributed by atoms with Gasteiger partial charge in [-0.3, -0.25) is 4.98 Å². The van der Waals surface area contributed by atoms with E-state index < -0.39 is 17.6 Å². The van der Waals surface area contributed by atoms with Crippen LogP contribution in [-0.4, -0.2) is 38.7 Å². The number of benzene rings is 1. The minimum Gasteiger partial charge on any atom is -0.569 e. The number of hydrazine groups is 1. The lowest BCUT2D eigenvalue weighted by molar-refractivity contribution is -0.723. The normalized spacial score (nSPS) is 25.0. The zero-order chi connectivity index (χ0) is 24.6. The highest BCUT2D eigenvalue weighted by Crippen LogP contribution is 2.47. The van der Waals surface area contributed by atoms with Crippen molar-refractivity contribution in [2.75, 3.05) is 6.54 Å². The van der Waals surface area contributed by atoms with Crippen LogP contribution in [0.4, 0.5) is 0 Å². The number of aromatic nitrogens is 1. The van der Waals surface area contributed by atoms with Crippen molar-refractivity contribution in [3.63, 3.8) is 0 Å². The molecule has 2 aromatic rings. The fourth-order valence-electron chi connectivity index (χ4n) is 5.71. The van der Waals surface area contributed by atoms with Crippen LogP contribution in [0.2, 0.25) is 5.02 Å². The maximum absolute atomic E-state index is 13.1. The van der Waals surface area contributed by atoms with Crippen LogP contribution in [0.1, 0.15) is 79.0 Å². The van der Waals surface area contributed by atoms with Crippen LogP contribution in [0, 0.1) is 12.1 Å². The summed E-state index contributed by atoms with van der Waals surface area (Å²) in [5.41, 5.74) is 1.91. The first-order valence-corrected chi connectivity index (χ1v) is 12.5. The molecule has 3 aliphatic rings. The Hall–Kier alpha value is -2.91. The number of carboxylic acids is 1. The van der Waals surface area contributed by atoms with E-state index in [1.54, 1.807) is 25.3 Å². The summed E-state index contributed by atoms with van der Waals surface area (Å²) in [7, 11) is 0. The lowest BCUT2D eigenvalue weighted by atomic mass is 9.82. The van der Waals surface area contributed by atoms with Gasteiger partial charge in [0.25, 0.3) is 0 Å². The van der Waals surface area contributed by atoms with E-state index in [1.165, 1.54) is 5.01 Å². The largest absolute Gasteiger partial charge is 0.569 e. The van der Waals surface area contributed by atoms with Crippen molar-refractivity contribution in [2.45, 2.75) is 76.2 Å². The Bertz CT molecular complexity index is 1140. The molecule has 2 aliphatic heterocycles. The quantitative estimate of drug-likeness (QED) is 0.330. The molecule has 35 heavy (non-hydrogen) atoms. The molecule has 0 unspecified atom stereocenters. The zero-order valence-corrected chi connectivity index (χ0v) is 20.4. The average molecular weight is 501 g/mol. The van der Waals surface area contributed by atoms with Crippen LogP contribution < -0.4 is 0 Å². The zero-order valence-electron chi connectivity index (χ0n) is 19.7. The highest BCUT2D eigenvalue weighted by molar-refractivity contribution is 6.30. The summed E-state index contributed by atoms with van der Waals surface area (Å²) >= 11 is 6.05. The third-order valence-electron chi connectivity index (χ3n) is 7.40. The van der Waals surface area contributed by atoms with Gasteiger partial charge in [-0.15, -0.1) is 5.01 Å². The second-order valence-corrected chi connectivity index (χ2v) is 9.92. The Balaban J connectivity index is 1.53. The second-order valence-electron chi connectivity index (χ2n) is 9.49. The molecule has 1 aromatic carbocycles. The number of fused-ring (bicyclic) bond motifs is 1. The summed E-state index contributed by atoms with van der Waals surface area (Å²) in [5, 5.41) is 29.4. The van der Waals surface area contributed by atoms with Gasteiger partial charge in [0.05, 0.1) is 18.1 Å². The molecule has 186 valence electrons. The van der Waals surface area contributed by atoms with Crippen molar-refractivity contribution in [1.29, 1.82) is 0 Å². The number of nitrogens with zero attached hydrogens (tertiary/aromatic N) is 4. The molecule has 1 aromatic heterocycles. The highest BCUT2D eigenvalue weighted by Gasteiger charge is 2.57. The molecule has 3 heterocycles. The molecule has 1 saturated heterocycles. The van der Waals surface area contributed by atoms with E-state index in [-0.39, 0.29) is 25.7 Å². The van der Waals surface area contributed by atoms with Crippen LogP contribution in [0.5, 0.6) is 0 Å². The van der Waals surface area contributed by atoms with Crippen molar-refractivity contribution in [1.82, 2.24) is 9.99 Å². The van der Waals surface area contributed by atoms with E-state index in [1.807, 2.05) is 12.1 Å². The molecule has 2 atom stereocenters. The molecule has 1 saturated carbocycles. The maximum atomic E-state index is 13.1. The van der Waals surface area contributed by atoms with Crippen LogP contribution in [-0.2, 0) is 26.5 Å². The van der Waals surface area contributed by atoms with E-state index in [0.29, 0.717) is 27.7 Å². The minimum atomic E-state index is -1.61.